The molecule has 2 aromatic rings. The second-order valence-corrected chi connectivity index (χ2v) is 7.72. The number of hydrogen-bond acceptors (Lipinski definition) is 4. The molecule has 1 aliphatic heterocycles. The number of aromatic nitrogens is 4. The van der Waals surface area contributed by atoms with Gasteiger partial charge in [0.25, 0.3) is 11.5 Å². The number of nitrogens with zero attached hydrogens (tertiary/aromatic N) is 4. The number of H-pyrrole nitrogens is 1. The molecule has 1 aliphatic rings. The Kier molecular flexibility index (Phi) is 4.49. The van der Waals surface area contributed by atoms with Crippen molar-refractivity contribution in [2.24, 2.45) is 0 Å². The van der Waals surface area contributed by atoms with E-state index in [4.69, 9.17) is 0 Å². The number of hydrogen-bond donors (Lipinski definition) is 1. The highest BCUT2D eigenvalue weighted by atomic mass is 16.2. The molecule has 0 bridgehead atoms. The molecule has 1 N–H and O–H groups in total. The number of amides is 1. The SMILES string of the molecule is Cc1cc(C(=O)N2CCCC2Cn2nc(C(C)(C)C)ccc2=O)n[nH]1. The van der Waals surface area contributed by atoms with Crippen molar-refractivity contribution in [1.82, 2.24) is 24.9 Å². The first-order chi connectivity index (χ1) is 11.8. The van der Waals surface area contributed by atoms with Crippen molar-refractivity contribution in [3.8, 4) is 0 Å². The molecule has 7 nitrogen and oxygen atoms in total. The van der Waals surface area contributed by atoms with Gasteiger partial charge in [-0.2, -0.15) is 10.2 Å². The second kappa shape index (κ2) is 6.46. The monoisotopic (exact) mass is 343 g/mol. The summed E-state index contributed by atoms with van der Waals surface area (Å²) < 4.78 is 1.49. The lowest BCUT2D eigenvalue weighted by atomic mass is 9.92. The van der Waals surface area contributed by atoms with Crippen molar-refractivity contribution in [1.29, 1.82) is 0 Å². The molecule has 1 saturated heterocycles. The first-order valence-corrected chi connectivity index (χ1v) is 8.67. The largest absolute Gasteiger partial charge is 0.332 e. The zero-order valence-electron chi connectivity index (χ0n) is 15.2. The van der Waals surface area contributed by atoms with Crippen molar-refractivity contribution in [2.45, 2.75) is 58.5 Å². The van der Waals surface area contributed by atoms with E-state index in [1.165, 1.54) is 4.68 Å². The molecule has 134 valence electrons. The molecule has 0 aliphatic carbocycles. The van der Waals surface area contributed by atoms with Crippen LogP contribution in [0.5, 0.6) is 0 Å². The minimum absolute atomic E-state index is 0.0371. The number of nitrogens with one attached hydrogen (secondary N) is 1. The predicted molar refractivity (Wildman–Crippen MR) is 94.6 cm³/mol. The van der Waals surface area contributed by atoms with E-state index in [2.05, 4.69) is 36.1 Å². The molecule has 1 amide bonds. The summed E-state index contributed by atoms with van der Waals surface area (Å²) in [6.45, 7) is 9.16. The third-order valence-electron chi connectivity index (χ3n) is 4.58. The van der Waals surface area contributed by atoms with Gasteiger partial charge in [-0.05, 0) is 31.9 Å². The van der Waals surface area contributed by atoms with Gasteiger partial charge in [-0.3, -0.25) is 14.7 Å². The third kappa shape index (κ3) is 3.65. The van der Waals surface area contributed by atoms with Crippen molar-refractivity contribution >= 4 is 5.91 Å². The molecule has 25 heavy (non-hydrogen) atoms. The molecular formula is C18H25N5O2. The predicted octanol–water partition coefficient (Wildman–Crippen LogP) is 1.88. The van der Waals surface area contributed by atoms with E-state index in [0.717, 1.165) is 24.2 Å². The summed E-state index contributed by atoms with van der Waals surface area (Å²) in [6, 6.07) is 5.06. The van der Waals surface area contributed by atoms with Crippen molar-refractivity contribution in [2.75, 3.05) is 6.54 Å². The van der Waals surface area contributed by atoms with Gasteiger partial charge in [-0.15, -0.1) is 0 Å². The Morgan fingerprint density at radius 2 is 2.12 bits per heavy atom. The average Bonchev–Trinajstić information content (AvgIpc) is 3.16. The van der Waals surface area contributed by atoms with Crippen LogP contribution in [0.15, 0.2) is 23.0 Å². The Labute approximate surface area is 147 Å². The maximum absolute atomic E-state index is 12.7. The summed E-state index contributed by atoms with van der Waals surface area (Å²) in [4.78, 5) is 26.7. The summed E-state index contributed by atoms with van der Waals surface area (Å²) in [7, 11) is 0. The van der Waals surface area contributed by atoms with Gasteiger partial charge in [0.2, 0.25) is 0 Å². The maximum Gasteiger partial charge on any atom is 0.274 e. The van der Waals surface area contributed by atoms with E-state index in [1.807, 2.05) is 11.8 Å². The lowest BCUT2D eigenvalue weighted by Crippen LogP contribution is -2.41. The number of likely N-dealkylation sites (tertiary alicyclic amines) is 1. The van der Waals surface area contributed by atoms with Crippen LogP contribution < -0.4 is 5.56 Å². The second-order valence-electron chi connectivity index (χ2n) is 7.72. The first-order valence-electron chi connectivity index (χ1n) is 8.67. The number of aryl methyl sites for hydroxylation is 1. The lowest BCUT2D eigenvalue weighted by Gasteiger charge is -2.25. The quantitative estimate of drug-likeness (QED) is 0.922. The molecule has 1 atom stereocenters. The fourth-order valence-electron chi connectivity index (χ4n) is 3.15. The molecule has 0 radical (unpaired) electrons. The molecule has 0 spiro atoms. The van der Waals surface area contributed by atoms with E-state index < -0.39 is 0 Å². The van der Waals surface area contributed by atoms with Crippen LogP contribution in [0.3, 0.4) is 0 Å². The molecule has 1 fully saturated rings. The zero-order valence-corrected chi connectivity index (χ0v) is 15.2. The Morgan fingerprint density at radius 1 is 1.36 bits per heavy atom. The van der Waals surface area contributed by atoms with Crippen LogP contribution in [0.25, 0.3) is 0 Å². The minimum Gasteiger partial charge on any atom is -0.332 e. The van der Waals surface area contributed by atoms with E-state index in [1.54, 1.807) is 18.2 Å². The van der Waals surface area contributed by atoms with Crippen LogP contribution in [-0.2, 0) is 12.0 Å². The van der Waals surface area contributed by atoms with Crippen molar-refractivity contribution < 1.29 is 4.79 Å². The zero-order chi connectivity index (χ0) is 18.2. The van der Waals surface area contributed by atoms with Crippen LogP contribution in [-0.4, -0.2) is 43.4 Å². The van der Waals surface area contributed by atoms with Crippen molar-refractivity contribution in [3.63, 3.8) is 0 Å². The van der Waals surface area contributed by atoms with Crippen LogP contribution in [0, 0.1) is 6.92 Å². The topological polar surface area (TPSA) is 83.9 Å². The summed E-state index contributed by atoms with van der Waals surface area (Å²) in [5.74, 6) is -0.0909. The highest BCUT2D eigenvalue weighted by molar-refractivity contribution is 5.92. The Morgan fingerprint density at radius 3 is 2.76 bits per heavy atom. The molecule has 2 aromatic heterocycles. The van der Waals surface area contributed by atoms with Crippen molar-refractivity contribution in [3.05, 3.63) is 45.6 Å². The third-order valence-corrected chi connectivity index (χ3v) is 4.58. The first kappa shape index (κ1) is 17.4. The lowest BCUT2D eigenvalue weighted by molar-refractivity contribution is 0.0714. The Hall–Kier alpha value is -2.44. The molecule has 3 heterocycles. The maximum atomic E-state index is 12.7. The minimum atomic E-state index is -0.136. The number of carbonyl (C=O) groups is 1. The fourth-order valence-corrected chi connectivity index (χ4v) is 3.15. The van der Waals surface area contributed by atoms with Gasteiger partial charge < -0.3 is 4.90 Å². The number of carbonyl (C=O) groups excluding carboxylic acids is 1. The average molecular weight is 343 g/mol. The van der Waals surface area contributed by atoms with Crippen LogP contribution >= 0.6 is 0 Å². The van der Waals surface area contributed by atoms with Crippen LogP contribution in [0.2, 0.25) is 0 Å². The Balaban J connectivity index is 1.82. The van der Waals surface area contributed by atoms with E-state index in [0.29, 0.717) is 18.8 Å². The van der Waals surface area contributed by atoms with Crippen LogP contribution in [0.1, 0.15) is 55.5 Å². The summed E-state index contributed by atoms with van der Waals surface area (Å²) in [5, 5.41) is 11.4. The summed E-state index contributed by atoms with van der Waals surface area (Å²) >= 11 is 0. The number of rotatable bonds is 3. The molecule has 0 saturated carbocycles. The summed E-state index contributed by atoms with van der Waals surface area (Å²) in [6.07, 6.45) is 1.79. The van der Waals surface area contributed by atoms with E-state index >= 15 is 0 Å². The van der Waals surface area contributed by atoms with Gasteiger partial charge >= 0.3 is 0 Å². The van der Waals surface area contributed by atoms with Gasteiger partial charge in [0.05, 0.1) is 18.3 Å². The highest BCUT2D eigenvalue weighted by Gasteiger charge is 2.31. The van der Waals surface area contributed by atoms with E-state index in [-0.39, 0.29) is 22.9 Å². The number of aromatic amines is 1. The molecule has 0 aromatic carbocycles. The molecule has 3 rings (SSSR count). The van der Waals surface area contributed by atoms with Gasteiger partial charge in [0.15, 0.2) is 0 Å². The molecule has 7 heteroatoms. The normalized spacial score (nSPS) is 17.9. The van der Waals surface area contributed by atoms with Crippen LogP contribution in [0.4, 0.5) is 0 Å². The molecule has 1 unspecified atom stereocenters. The van der Waals surface area contributed by atoms with Gasteiger partial charge in [0.1, 0.15) is 5.69 Å². The van der Waals surface area contributed by atoms with Gasteiger partial charge in [0, 0.05) is 23.7 Å². The molecular weight excluding hydrogens is 318 g/mol. The smallest absolute Gasteiger partial charge is 0.274 e. The summed E-state index contributed by atoms with van der Waals surface area (Å²) in [5.41, 5.74) is 1.88. The highest BCUT2D eigenvalue weighted by Crippen LogP contribution is 2.22. The fraction of sp³-hybridized carbons (Fsp3) is 0.556. The van der Waals surface area contributed by atoms with Gasteiger partial charge in [-0.1, -0.05) is 20.8 Å². The van der Waals surface area contributed by atoms with E-state index in [9.17, 15) is 9.59 Å². The van der Waals surface area contributed by atoms with Gasteiger partial charge in [-0.25, -0.2) is 4.68 Å². The Bertz CT molecular complexity index is 830. The standard InChI is InChI=1S/C18H25N5O2/c1-12-10-14(20-19-12)17(25)22-9-5-6-13(22)11-23-16(24)8-7-15(21-23)18(2,3)4/h7-8,10,13H,5-6,9,11H2,1-4H3,(H,19,20).